The molecule has 2 aromatic rings. The van der Waals surface area contributed by atoms with E-state index in [1.165, 1.54) is 46.5 Å². The second kappa shape index (κ2) is 4.36. The van der Waals surface area contributed by atoms with Crippen LogP contribution in [0.1, 0.15) is 60.8 Å². The molecule has 1 fully saturated rings. The van der Waals surface area contributed by atoms with Crippen molar-refractivity contribution in [2.45, 2.75) is 63.5 Å². The third-order valence-electron chi connectivity index (χ3n) is 7.00. The lowest BCUT2D eigenvalue weighted by Gasteiger charge is -2.62. The molecule has 2 N–H and O–H groups in total. The minimum absolute atomic E-state index is 0.0798. The first-order chi connectivity index (χ1) is 11.4. The van der Waals surface area contributed by atoms with Crippen molar-refractivity contribution in [2.24, 2.45) is 0 Å². The molecule has 1 saturated carbocycles. The average molecular weight is 318 g/mol. The minimum atomic E-state index is 0.0798. The molecule has 4 bridgehead atoms. The average Bonchev–Trinajstić information content (AvgIpc) is 2.51. The van der Waals surface area contributed by atoms with Crippen molar-refractivity contribution in [1.29, 1.82) is 0 Å². The summed E-state index contributed by atoms with van der Waals surface area (Å²) in [7, 11) is 0. The van der Waals surface area contributed by atoms with Crippen LogP contribution in [0.4, 0.5) is 11.4 Å². The van der Waals surface area contributed by atoms with Crippen LogP contribution in [0.25, 0.3) is 0 Å². The Hall–Kier alpha value is -1.96. The first-order valence-corrected chi connectivity index (χ1v) is 9.16. The van der Waals surface area contributed by atoms with Gasteiger partial charge in [-0.25, -0.2) is 0 Å². The van der Waals surface area contributed by atoms with E-state index in [-0.39, 0.29) is 11.1 Å². The van der Waals surface area contributed by atoms with Crippen LogP contribution in [-0.2, 0) is 0 Å². The fraction of sp³-hybridized carbons (Fsp3) is 0.455. The maximum absolute atomic E-state index is 3.92. The normalized spacial score (nSPS) is 35.3. The van der Waals surface area contributed by atoms with Gasteiger partial charge >= 0.3 is 0 Å². The van der Waals surface area contributed by atoms with E-state index in [1.807, 2.05) is 0 Å². The lowest BCUT2D eigenvalue weighted by molar-refractivity contribution is 0.164. The van der Waals surface area contributed by atoms with Crippen molar-refractivity contribution in [1.82, 2.24) is 0 Å². The van der Waals surface area contributed by atoms with E-state index in [0.29, 0.717) is 11.8 Å². The summed E-state index contributed by atoms with van der Waals surface area (Å²) in [5.41, 5.74) is 8.56. The van der Waals surface area contributed by atoms with E-state index in [2.05, 4.69) is 74.7 Å². The highest BCUT2D eigenvalue weighted by molar-refractivity contribution is 5.68. The smallest absolute Gasteiger partial charge is 0.0578 e. The van der Waals surface area contributed by atoms with Crippen LogP contribution in [-0.4, -0.2) is 11.1 Å². The van der Waals surface area contributed by atoms with Gasteiger partial charge in [0.2, 0.25) is 0 Å². The molecule has 2 aliphatic heterocycles. The zero-order valence-corrected chi connectivity index (χ0v) is 15.0. The van der Waals surface area contributed by atoms with Crippen molar-refractivity contribution >= 4 is 11.4 Å². The molecule has 4 unspecified atom stereocenters. The van der Waals surface area contributed by atoms with Crippen molar-refractivity contribution in [3.05, 3.63) is 58.7 Å². The topological polar surface area (TPSA) is 24.1 Å². The first kappa shape index (κ1) is 14.4. The van der Waals surface area contributed by atoms with Crippen LogP contribution < -0.4 is 10.6 Å². The summed E-state index contributed by atoms with van der Waals surface area (Å²) in [6, 6.07) is 13.9. The van der Waals surface area contributed by atoms with Crippen molar-refractivity contribution in [2.75, 3.05) is 10.6 Å². The van der Waals surface area contributed by atoms with Gasteiger partial charge in [0, 0.05) is 11.4 Å². The Kier molecular flexibility index (Phi) is 2.61. The molecular formula is C22H26N2. The van der Waals surface area contributed by atoms with E-state index in [1.54, 1.807) is 0 Å². The monoisotopic (exact) mass is 318 g/mol. The molecular weight excluding hydrogens is 292 g/mol. The Morgan fingerprint density at radius 2 is 1.17 bits per heavy atom. The number of fused-ring (bicyclic) bond motifs is 10. The first-order valence-electron chi connectivity index (χ1n) is 9.16. The van der Waals surface area contributed by atoms with Crippen molar-refractivity contribution in [3.63, 3.8) is 0 Å². The minimum Gasteiger partial charge on any atom is -0.377 e. The third kappa shape index (κ3) is 1.72. The number of hydrogen-bond donors (Lipinski definition) is 2. The standard InChI is InChI=1S/C22H26N2/c1-13-5-7-15-17-11-21(3,23-19(15)9-13)22(4)12-18(17)16-8-6-14(2)10-20(16)24-22/h5-10,17-18,23-24H,11-12H2,1-4H3. The number of rotatable bonds is 0. The van der Waals surface area contributed by atoms with Gasteiger partial charge in [-0.05, 0) is 86.8 Å². The number of aryl methyl sites for hydroxylation is 2. The molecule has 2 aromatic carbocycles. The molecule has 0 spiro atoms. The van der Waals surface area contributed by atoms with Gasteiger partial charge in [0.25, 0.3) is 0 Å². The van der Waals surface area contributed by atoms with Crippen LogP contribution in [0.5, 0.6) is 0 Å². The number of anilines is 2. The van der Waals surface area contributed by atoms with Gasteiger partial charge in [-0.2, -0.15) is 0 Å². The van der Waals surface area contributed by atoms with Gasteiger partial charge < -0.3 is 10.6 Å². The maximum atomic E-state index is 3.92. The molecule has 0 saturated heterocycles. The molecule has 0 radical (unpaired) electrons. The fourth-order valence-electron chi connectivity index (χ4n) is 5.44. The third-order valence-corrected chi connectivity index (χ3v) is 7.00. The Morgan fingerprint density at radius 3 is 1.58 bits per heavy atom. The lowest BCUT2D eigenvalue weighted by atomic mass is 9.54. The van der Waals surface area contributed by atoms with Gasteiger partial charge in [-0.15, -0.1) is 0 Å². The zero-order chi connectivity index (χ0) is 16.7. The van der Waals surface area contributed by atoms with E-state index >= 15 is 0 Å². The van der Waals surface area contributed by atoms with E-state index in [9.17, 15) is 0 Å². The SMILES string of the molecule is Cc1ccc2c(c1)NC1(C)CC2C2CC1(C)Nc1cc(C)ccc12. The molecule has 1 aliphatic carbocycles. The van der Waals surface area contributed by atoms with Gasteiger partial charge in [0.1, 0.15) is 0 Å². The van der Waals surface area contributed by atoms with Crippen LogP contribution in [0, 0.1) is 13.8 Å². The number of benzene rings is 2. The lowest BCUT2D eigenvalue weighted by Crippen LogP contribution is -2.67. The summed E-state index contributed by atoms with van der Waals surface area (Å²) in [5, 5.41) is 7.85. The molecule has 2 heteroatoms. The van der Waals surface area contributed by atoms with Crippen LogP contribution in [0.3, 0.4) is 0 Å². The van der Waals surface area contributed by atoms with Gasteiger partial charge in [-0.3, -0.25) is 0 Å². The zero-order valence-electron chi connectivity index (χ0n) is 15.0. The molecule has 2 nitrogen and oxygen atoms in total. The fourth-order valence-corrected chi connectivity index (χ4v) is 5.44. The molecule has 2 heterocycles. The summed E-state index contributed by atoms with van der Waals surface area (Å²) in [6.45, 7) is 9.20. The van der Waals surface area contributed by atoms with E-state index < -0.39 is 0 Å². The van der Waals surface area contributed by atoms with Crippen molar-refractivity contribution in [3.8, 4) is 0 Å². The summed E-state index contributed by atoms with van der Waals surface area (Å²) in [4.78, 5) is 0. The summed E-state index contributed by atoms with van der Waals surface area (Å²) < 4.78 is 0. The van der Waals surface area contributed by atoms with E-state index in [0.717, 1.165) is 0 Å². The van der Waals surface area contributed by atoms with E-state index in [4.69, 9.17) is 0 Å². The molecule has 3 aliphatic rings. The largest absolute Gasteiger partial charge is 0.377 e. The van der Waals surface area contributed by atoms with Gasteiger partial charge in [0.15, 0.2) is 0 Å². The molecule has 4 atom stereocenters. The number of nitrogens with one attached hydrogen (secondary N) is 2. The number of hydrogen-bond acceptors (Lipinski definition) is 2. The Labute approximate surface area is 144 Å². The highest BCUT2D eigenvalue weighted by Gasteiger charge is 2.58. The van der Waals surface area contributed by atoms with Crippen LogP contribution in [0.15, 0.2) is 36.4 Å². The molecule has 0 aromatic heterocycles. The summed E-state index contributed by atoms with van der Waals surface area (Å²) >= 11 is 0. The van der Waals surface area contributed by atoms with Gasteiger partial charge in [0.05, 0.1) is 11.1 Å². The van der Waals surface area contributed by atoms with Crippen LogP contribution in [0.2, 0.25) is 0 Å². The second-order valence-electron chi connectivity index (χ2n) is 8.72. The summed E-state index contributed by atoms with van der Waals surface area (Å²) in [5.74, 6) is 1.23. The highest BCUT2D eigenvalue weighted by atomic mass is 15.1. The molecule has 0 amide bonds. The predicted octanol–water partition coefficient (Wildman–Crippen LogP) is 5.33. The van der Waals surface area contributed by atoms with Crippen molar-refractivity contribution < 1.29 is 0 Å². The van der Waals surface area contributed by atoms with Crippen LogP contribution >= 0.6 is 0 Å². The maximum Gasteiger partial charge on any atom is 0.0578 e. The Morgan fingerprint density at radius 1 is 0.750 bits per heavy atom. The Bertz CT molecular complexity index is 784. The molecule has 124 valence electrons. The molecule has 5 rings (SSSR count). The molecule has 24 heavy (non-hydrogen) atoms. The second-order valence-corrected chi connectivity index (χ2v) is 8.72. The predicted molar refractivity (Wildman–Crippen MR) is 101 cm³/mol. The van der Waals surface area contributed by atoms with Gasteiger partial charge in [-0.1, -0.05) is 24.3 Å². The Balaban J connectivity index is 1.75. The quantitative estimate of drug-likeness (QED) is 0.686. The highest BCUT2D eigenvalue weighted by Crippen LogP contribution is 2.61. The summed E-state index contributed by atoms with van der Waals surface area (Å²) in [6.07, 6.45) is 2.40.